The molecule has 2 N–H and O–H groups in total. The highest BCUT2D eigenvalue weighted by Gasteiger charge is 2.15. The lowest BCUT2D eigenvalue weighted by Crippen LogP contribution is -2.09. The van der Waals surface area contributed by atoms with Gasteiger partial charge in [-0.25, -0.2) is 19.7 Å². The second kappa shape index (κ2) is 6.14. The largest absolute Gasteiger partial charge is 0.462 e. The molecule has 98 valence electrons. The molecule has 0 aliphatic carbocycles. The van der Waals surface area contributed by atoms with E-state index < -0.39 is 5.97 Å². The lowest BCUT2D eigenvalue weighted by molar-refractivity contribution is 0.0527. The monoisotopic (exact) mass is 276 g/mol. The Labute approximate surface area is 114 Å². The van der Waals surface area contributed by atoms with Crippen LogP contribution in [0, 0.1) is 0 Å². The summed E-state index contributed by atoms with van der Waals surface area (Å²) in [5.74, 6) is -0.452. The number of carbonyl (C=O) groups is 1. The zero-order valence-electron chi connectivity index (χ0n) is 10.2. The van der Waals surface area contributed by atoms with Crippen molar-refractivity contribution in [2.75, 3.05) is 12.3 Å². The van der Waals surface area contributed by atoms with Crippen LogP contribution < -0.4 is 5.73 Å². The van der Waals surface area contributed by atoms with Crippen LogP contribution in [-0.4, -0.2) is 27.5 Å². The molecule has 2 rings (SSSR count). The van der Waals surface area contributed by atoms with Gasteiger partial charge >= 0.3 is 5.97 Å². The van der Waals surface area contributed by atoms with Crippen LogP contribution in [0.25, 0.3) is 0 Å². The molecule has 0 amide bonds. The highest BCUT2D eigenvalue weighted by molar-refractivity contribution is 7.99. The molecule has 0 saturated carbocycles. The van der Waals surface area contributed by atoms with E-state index in [1.807, 2.05) is 0 Å². The standard InChI is InChI=1S/C12H12N4O2S/c1-2-18-12(17)8-3-6-15-11(10(8)13)19-9-4-5-14-7-16-9/h3-7H,2,13H2,1H3. The Morgan fingerprint density at radius 3 is 2.89 bits per heavy atom. The van der Waals surface area contributed by atoms with Crippen molar-refractivity contribution in [1.29, 1.82) is 0 Å². The van der Waals surface area contributed by atoms with Gasteiger partial charge in [0.1, 0.15) is 16.4 Å². The van der Waals surface area contributed by atoms with Gasteiger partial charge in [-0.15, -0.1) is 0 Å². The number of hydrogen-bond acceptors (Lipinski definition) is 7. The highest BCUT2D eigenvalue weighted by atomic mass is 32.2. The Kier molecular flexibility index (Phi) is 4.30. The zero-order valence-corrected chi connectivity index (χ0v) is 11.1. The van der Waals surface area contributed by atoms with E-state index in [-0.39, 0.29) is 0 Å². The minimum Gasteiger partial charge on any atom is -0.462 e. The van der Waals surface area contributed by atoms with E-state index in [2.05, 4.69) is 15.0 Å². The lowest BCUT2D eigenvalue weighted by Gasteiger charge is -2.08. The third kappa shape index (κ3) is 3.19. The van der Waals surface area contributed by atoms with E-state index in [0.717, 1.165) is 0 Å². The molecule has 0 fully saturated rings. The molecule has 2 aromatic rings. The molecule has 6 nitrogen and oxygen atoms in total. The number of ether oxygens (including phenoxy) is 1. The molecular weight excluding hydrogens is 264 g/mol. The van der Waals surface area contributed by atoms with Crippen LogP contribution in [0.1, 0.15) is 17.3 Å². The molecule has 0 aromatic carbocycles. The van der Waals surface area contributed by atoms with Crippen molar-refractivity contribution in [2.24, 2.45) is 0 Å². The summed E-state index contributed by atoms with van der Waals surface area (Å²) in [7, 11) is 0. The number of nitrogens with two attached hydrogens (primary N) is 1. The Morgan fingerprint density at radius 1 is 1.37 bits per heavy atom. The molecule has 0 bridgehead atoms. The number of hydrogen-bond donors (Lipinski definition) is 1. The lowest BCUT2D eigenvalue weighted by atomic mass is 10.2. The maximum absolute atomic E-state index is 11.7. The van der Waals surface area contributed by atoms with Crippen LogP contribution in [0.15, 0.2) is 40.9 Å². The smallest absolute Gasteiger partial charge is 0.340 e. The summed E-state index contributed by atoms with van der Waals surface area (Å²) in [6.45, 7) is 2.04. The quantitative estimate of drug-likeness (QED) is 0.672. The number of carbonyl (C=O) groups excluding carboxylic acids is 1. The first-order chi connectivity index (χ1) is 9.22. The van der Waals surface area contributed by atoms with E-state index in [0.29, 0.717) is 27.9 Å². The van der Waals surface area contributed by atoms with Gasteiger partial charge in [0.05, 0.1) is 17.9 Å². The molecule has 19 heavy (non-hydrogen) atoms. The summed E-state index contributed by atoms with van der Waals surface area (Å²) >= 11 is 1.27. The van der Waals surface area contributed by atoms with E-state index in [1.54, 1.807) is 19.2 Å². The highest BCUT2D eigenvalue weighted by Crippen LogP contribution is 2.30. The second-order valence-corrected chi connectivity index (χ2v) is 4.46. The Bertz CT molecular complexity index is 577. The molecule has 0 atom stereocenters. The molecular formula is C12H12N4O2S. The predicted molar refractivity (Wildman–Crippen MR) is 70.8 cm³/mol. The third-order valence-electron chi connectivity index (χ3n) is 2.20. The summed E-state index contributed by atoms with van der Waals surface area (Å²) < 4.78 is 4.93. The summed E-state index contributed by atoms with van der Waals surface area (Å²) in [4.78, 5) is 23.7. The molecule has 0 radical (unpaired) electrons. The van der Waals surface area contributed by atoms with Crippen LogP contribution in [-0.2, 0) is 4.74 Å². The van der Waals surface area contributed by atoms with Gasteiger partial charge in [0.2, 0.25) is 0 Å². The van der Waals surface area contributed by atoms with Crippen LogP contribution in [0.2, 0.25) is 0 Å². The van der Waals surface area contributed by atoms with Crippen molar-refractivity contribution in [3.8, 4) is 0 Å². The SMILES string of the molecule is CCOC(=O)c1ccnc(Sc2ccncn2)c1N. The molecule has 0 aliphatic rings. The Morgan fingerprint density at radius 2 is 2.21 bits per heavy atom. The first-order valence-electron chi connectivity index (χ1n) is 5.57. The fraction of sp³-hybridized carbons (Fsp3) is 0.167. The molecule has 7 heteroatoms. The average Bonchev–Trinajstić information content (AvgIpc) is 2.42. The third-order valence-corrected chi connectivity index (χ3v) is 3.17. The summed E-state index contributed by atoms with van der Waals surface area (Å²) in [5, 5.41) is 1.22. The van der Waals surface area contributed by atoms with Crippen molar-refractivity contribution in [3.63, 3.8) is 0 Å². The Balaban J connectivity index is 2.27. The minimum atomic E-state index is -0.452. The van der Waals surface area contributed by atoms with E-state index in [9.17, 15) is 4.79 Å². The maximum atomic E-state index is 11.7. The van der Waals surface area contributed by atoms with E-state index in [1.165, 1.54) is 30.4 Å². The van der Waals surface area contributed by atoms with Crippen LogP contribution in [0.3, 0.4) is 0 Å². The van der Waals surface area contributed by atoms with E-state index >= 15 is 0 Å². The van der Waals surface area contributed by atoms with Crippen LogP contribution in [0.5, 0.6) is 0 Å². The van der Waals surface area contributed by atoms with Gasteiger partial charge in [-0.2, -0.15) is 0 Å². The van der Waals surface area contributed by atoms with Gasteiger partial charge in [-0.1, -0.05) is 0 Å². The van der Waals surface area contributed by atoms with Crippen molar-refractivity contribution < 1.29 is 9.53 Å². The number of anilines is 1. The number of pyridine rings is 1. The van der Waals surface area contributed by atoms with Gasteiger partial charge in [0.25, 0.3) is 0 Å². The first kappa shape index (κ1) is 13.3. The normalized spacial score (nSPS) is 10.2. The number of nitrogen functional groups attached to an aromatic ring is 1. The molecule has 0 saturated heterocycles. The molecule has 0 spiro atoms. The fourth-order valence-corrected chi connectivity index (χ4v) is 2.12. The molecule has 0 unspecified atom stereocenters. The van der Waals surface area contributed by atoms with Gasteiger partial charge in [0, 0.05) is 12.4 Å². The van der Waals surface area contributed by atoms with Crippen molar-refractivity contribution in [2.45, 2.75) is 17.0 Å². The number of aromatic nitrogens is 3. The zero-order chi connectivity index (χ0) is 13.7. The number of esters is 1. The number of rotatable bonds is 4. The molecule has 0 aliphatic heterocycles. The van der Waals surface area contributed by atoms with Gasteiger partial charge in [-0.3, -0.25) is 0 Å². The topological polar surface area (TPSA) is 91.0 Å². The average molecular weight is 276 g/mol. The van der Waals surface area contributed by atoms with Gasteiger partial charge in [0.15, 0.2) is 0 Å². The van der Waals surface area contributed by atoms with Crippen molar-refractivity contribution in [3.05, 3.63) is 36.4 Å². The predicted octanol–water partition coefficient (Wildman–Crippen LogP) is 1.78. The van der Waals surface area contributed by atoms with Crippen molar-refractivity contribution >= 4 is 23.4 Å². The summed E-state index contributed by atoms with van der Waals surface area (Å²) in [5.41, 5.74) is 6.54. The van der Waals surface area contributed by atoms with Crippen molar-refractivity contribution in [1.82, 2.24) is 15.0 Å². The first-order valence-corrected chi connectivity index (χ1v) is 6.39. The summed E-state index contributed by atoms with van der Waals surface area (Å²) in [6, 6.07) is 3.28. The van der Waals surface area contributed by atoms with Gasteiger partial charge < -0.3 is 10.5 Å². The second-order valence-electron chi connectivity index (χ2n) is 3.45. The fourth-order valence-electron chi connectivity index (χ4n) is 1.36. The maximum Gasteiger partial charge on any atom is 0.340 e. The van der Waals surface area contributed by atoms with Gasteiger partial charge in [-0.05, 0) is 30.8 Å². The molecule has 2 heterocycles. The number of nitrogens with zero attached hydrogens (tertiary/aromatic N) is 3. The Hall–Kier alpha value is -2.15. The van der Waals surface area contributed by atoms with Crippen LogP contribution >= 0.6 is 11.8 Å². The molecule has 2 aromatic heterocycles. The van der Waals surface area contributed by atoms with E-state index in [4.69, 9.17) is 10.5 Å². The minimum absolute atomic E-state index is 0.296. The van der Waals surface area contributed by atoms with Crippen LogP contribution in [0.4, 0.5) is 5.69 Å². The summed E-state index contributed by atoms with van der Waals surface area (Å²) in [6.07, 6.45) is 4.58.